The topological polar surface area (TPSA) is 63.3 Å². The lowest BCUT2D eigenvalue weighted by Gasteiger charge is -2.11. The number of hydrogen-bond donors (Lipinski definition) is 2. The Balaban J connectivity index is 3.27. The maximum Gasteiger partial charge on any atom is 0.416 e. The lowest BCUT2D eigenvalue weighted by atomic mass is 10.0. The van der Waals surface area contributed by atoms with Crippen LogP contribution in [0.1, 0.15) is 21.5 Å². The van der Waals surface area contributed by atoms with Crippen molar-refractivity contribution >= 4 is 5.97 Å². The quantitative estimate of drug-likeness (QED) is 0.797. The van der Waals surface area contributed by atoms with Crippen LogP contribution in [0.15, 0.2) is 18.2 Å². The van der Waals surface area contributed by atoms with Gasteiger partial charge in [0.05, 0.1) is 11.1 Å². The summed E-state index contributed by atoms with van der Waals surface area (Å²) in [7, 11) is 0. The summed E-state index contributed by atoms with van der Waals surface area (Å²) in [6, 6.07) is 2.57. The molecule has 0 saturated carbocycles. The highest BCUT2D eigenvalue weighted by Gasteiger charge is 2.33. The molecule has 0 heterocycles. The summed E-state index contributed by atoms with van der Waals surface area (Å²) in [6.45, 7) is -0.351. The fraction of sp³-hybridized carbons (Fsp3) is 0.222. The summed E-state index contributed by atoms with van der Waals surface area (Å²) in [6.07, 6.45) is -4.51. The Labute approximate surface area is 83.3 Å². The van der Waals surface area contributed by atoms with E-state index in [1.165, 1.54) is 0 Å². The maximum absolute atomic E-state index is 12.4. The molecule has 0 fully saturated rings. The van der Waals surface area contributed by atoms with Gasteiger partial charge in [-0.25, -0.2) is 4.79 Å². The smallest absolute Gasteiger partial charge is 0.416 e. The summed E-state index contributed by atoms with van der Waals surface area (Å²) in [4.78, 5) is 10.5. The van der Waals surface area contributed by atoms with Crippen molar-refractivity contribution in [2.45, 2.75) is 12.7 Å². The van der Waals surface area contributed by atoms with E-state index in [1.807, 2.05) is 0 Å². The predicted molar refractivity (Wildman–Crippen MR) is 46.3 cm³/mol. The van der Waals surface area contributed by atoms with Gasteiger partial charge in [-0.3, -0.25) is 0 Å². The van der Waals surface area contributed by atoms with E-state index < -0.39 is 17.7 Å². The fourth-order valence-corrected chi connectivity index (χ4v) is 1.17. The third-order valence-electron chi connectivity index (χ3n) is 1.88. The van der Waals surface area contributed by atoms with E-state index in [1.54, 1.807) is 0 Å². The number of nitrogens with two attached hydrogens (primary N) is 1. The molecule has 0 aromatic heterocycles. The molecule has 0 spiro atoms. The zero-order chi connectivity index (χ0) is 11.6. The number of carboxylic acid groups (broad SMARTS) is 1. The van der Waals surface area contributed by atoms with Crippen LogP contribution in [0.4, 0.5) is 13.2 Å². The van der Waals surface area contributed by atoms with Crippen LogP contribution in [-0.4, -0.2) is 11.1 Å². The molecule has 0 bridgehead atoms. The first-order valence-electron chi connectivity index (χ1n) is 3.99. The largest absolute Gasteiger partial charge is 0.478 e. The normalized spacial score (nSPS) is 11.5. The number of hydrogen-bond acceptors (Lipinski definition) is 2. The summed E-state index contributed by atoms with van der Waals surface area (Å²) in [5, 5.41) is 8.58. The Hall–Kier alpha value is -1.56. The number of rotatable bonds is 2. The van der Waals surface area contributed by atoms with Gasteiger partial charge in [0.2, 0.25) is 0 Å². The van der Waals surface area contributed by atoms with Gasteiger partial charge in [0.15, 0.2) is 0 Å². The third-order valence-corrected chi connectivity index (χ3v) is 1.88. The molecule has 6 heteroatoms. The number of alkyl halides is 3. The van der Waals surface area contributed by atoms with Crippen molar-refractivity contribution in [3.8, 4) is 0 Å². The molecule has 0 aliphatic heterocycles. The first kappa shape index (κ1) is 11.5. The van der Waals surface area contributed by atoms with Crippen LogP contribution in [0.3, 0.4) is 0 Å². The average Bonchev–Trinajstić information content (AvgIpc) is 2.15. The lowest BCUT2D eigenvalue weighted by Crippen LogP contribution is -2.13. The molecule has 0 saturated heterocycles. The Kier molecular flexibility index (Phi) is 2.99. The molecule has 0 radical (unpaired) electrons. The van der Waals surface area contributed by atoms with Crippen LogP contribution in [0.5, 0.6) is 0 Å². The molecule has 1 aromatic rings. The molecule has 0 unspecified atom stereocenters. The van der Waals surface area contributed by atoms with Crippen molar-refractivity contribution < 1.29 is 23.1 Å². The molecular formula is C9H8F3NO2. The second-order valence-corrected chi connectivity index (χ2v) is 2.88. The number of benzene rings is 1. The van der Waals surface area contributed by atoms with E-state index in [9.17, 15) is 18.0 Å². The van der Waals surface area contributed by atoms with Crippen LogP contribution in [0.2, 0.25) is 0 Å². The molecule has 1 aromatic carbocycles. The number of carboxylic acids is 1. The van der Waals surface area contributed by atoms with Crippen LogP contribution in [0, 0.1) is 0 Å². The Morgan fingerprint density at radius 3 is 2.40 bits per heavy atom. The van der Waals surface area contributed by atoms with Gasteiger partial charge in [-0.1, -0.05) is 0 Å². The van der Waals surface area contributed by atoms with Gasteiger partial charge in [-0.2, -0.15) is 13.2 Å². The van der Waals surface area contributed by atoms with E-state index >= 15 is 0 Å². The second kappa shape index (κ2) is 3.90. The molecular weight excluding hydrogens is 211 g/mol. The molecule has 3 nitrogen and oxygen atoms in total. The number of carbonyl (C=O) groups is 1. The zero-order valence-electron chi connectivity index (χ0n) is 7.51. The molecule has 3 N–H and O–H groups in total. The van der Waals surface area contributed by atoms with Gasteiger partial charge < -0.3 is 10.8 Å². The molecule has 0 amide bonds. The third kappa shape index (κ3) is 2.47. The summed E-state index contributed by atoms with van der Waals surface area (Å²) >= 11 is 0. The number of aromatic carboxylic acids is 1. The zero-order valence-corrected chi connectivity index (χ0v) is 7.51. The maximum atomic E-state index is 12.4. The minimum Gasteiger partial charge on any atom is -0.478 e. The molecule has 15 heavy (non-hydrogen) atoms. The standard InChI is InChI=1S/C9H8F3NO2/c10-9(11,12)7-2-1-5(8(14)15)3-6(7)4-13/h1-3H,4,13H2,(H,14,15). The van der Waals surface area contributed by atoms with E-state index in [2.05, 4.69) is 0 Å². The SMILES string of the molecule is NCc1cc(C(=O)O)ccc1C(F)(F)F. The van der Waals surface area contributed by atoms with Crippen LogP contribution >= 0.6 is 0 Å². The summed E-state index contributed by atoms with van der Waals surface area (Å²) in [5.41, 5.74) is 3.80. The van der Waals surface area contributed by atoms with Crippen molar-refractivity contribution in [1.82, 2.24) is 0 Å². The Morgan fingerprint density at radius 1 is 1.40 bits per heavy atom. The molecule has 82 valence electrons. The molecule has 0 aliphatic rings. The van der Waals surface area contributed by atoms with Crippen molar-refractivity contribution in [3.63, 3.8) is 0 Å². The minimum atomic E-state index is -4.51. The van der Waals surface area contributed by atoms with Crippen LogP contribution < -0.4 is 5.73 Å². The number of halogens is 3. The van der Waals surface area contributed by atoms with E-state index in [4.69, 9.17) is 10.8 Å². The fourth-order valence-electron chi connectivity index (χ4n) is 1.17. The van der Waals surface area contributed by atoms with Crippen molar-refractivity contribution in [1.29, 1.82) is 0 Å². The van der Waals surface area contributed by atoms with Crippen LogP contribution in [0.25, 0.3) is 0 Å². The highest BCUT2D eigenvalue weighted by molar-refractivity contribution is 5.87. The van der Waals surface area contributed by atoms with Gasteiger partial charge in [0.25, 0.3) is 0 Å². The van der Waals surface area contributed by atoms with Crippen molar-refractivity contribution in [3.05, 3.63) is 34.9 Å². The monoisotopic (exact) mass is 219 g/mol. The second-order valence-electron chi connectivity index (χ2n) is 2.88. The van der Waals surface area contributed by atoms with Gasteiger partial charge in [0, 0.05) is 6.54 Å². The lowest BCUT2D eigenvalue weighted by molar-refractivity contribution is -0.138. The van der Waals surface area contributed by atoms with Gasteiger partial charge in [-0.15, -0.1) is 0 Å². The van der Waals surface area contributed by atoms with Gasteiger partial charge in [0.1, 0.15) is 0 Å². The van der Waals surface area contributed by atoms with E-state index in [-0.39, 0.29) is 17.7 Å². The van der Waals surface area contributed by atoms with Crippen molar-refractivity contribution in [2.24, 2.45) is 5.73 Å². The predicted octanol–water partition coefficient (Wildman–Crippen LogP) is 1.86. The van der Waals surface area contributed by atoms with Crippen LogP contribution in [-0.2, 0) is 12.7 Å². The average molecular weight is 219 g/mol. The van der Waals surface area contributed by atoms with E-state index in [0.717, 1.165) is 18.2 Å². The Bertz CT molecular complexity index is 387. The van der Waals surface area contributed by atoms with Gasteiger partial charge >= 0.3 is 12.1 Å². The molecule has 0 atom stereocenters. The minimum absolute atomic E-state index is 0.205. The highest BCUT2D eigenvalue weighted by atomic mass is 19.4. The molecule has 0 aliphatic carbocycles. The van der Waals surface area contributed by atoms with Gasteiger partial charge in [-0.05, 0) is 23.8 Å². The van der Waals surface area contributed by atoms with E-state index in [0.29, 0.717) is 0 Å². The Morgan fingerprint density at radius 2 is 2.00 bits per heavy atom. The summed E-state index contributed by atoms with van der Waals surface area (Å²) < 4.78 is 37.1. The molecule has 1 rings (SSSR count). The summed E-state index contributed by atoms with van der Waals surface area (Å²) in [5.74, 6) is -1.28. The van der Waals surface area contributed by atoms with Crippen molar-refractivity contribution in [2.75, 3.05) is 0 Å². The first-order chi connectivity index (χ1) is 6.86. The first-order valence-corrected chi connectivity index (χ1v) is 3.99. The highest BCUT2D eigenvalue weighted by Crippen LogP contribution is 2.32.